The van der Waals surface area contributed by atoms with Crippen LogP contribution in [-0.2, 0) is 16.1 Å². The lowest BCUT2D eigenvalue weighted by molar-refractivity contribution is -0.115. The second-order valence-corrected chi connectivity index (χ2v) is 6.78. The fourth-order valence-corrected chi connectivity index (χ4v) is 2.71. The SMILES string of the molecule is CCC(=O)Nc1ccc(C(=O)COC(=O)c2ccc(COc3ccccc3)cc2)cc1. The quantitative estimate of drug-likeness (QED) is 0.405. The van der Waals surface area contributed by atoms with Crippen LogP contribution in [0.1, 0.15) is 39.6 Å². The van der Waals surface area contributed by atoms with E-state index in [4.69, 9.17) is 9.47 Å². The first-order valence-electron chi connectivity index (χ1n) is 9.92. The van der Waals surface area contributed by atoms with Crippen molar-refractivity contribution < 1.29 is 23.9 Å². The summed E-state index contributed by atoms with van der Waals surface area (Å²) in [5, 5.41) is 2.71. The Kier molecular flexibility index (Phi) is 7.54. The number of carbonyl (C=O) groups is 3. The Bertz CT molecular complexity index is 1030. The van der Waals surface area contributed by atoms with Gasteiger partial charge in [-0.3, -0.25) is 9.59 Å². The van der Waals surface area contributed by atoms with Crippen molar-refractivity contribution in [3.8, 4) is 5.75 Å². The second-order valence-electron chi connectivity index (χ2n) is 6.78. The summed E-state index contributed by atoms with van der Waals surface area (Å²) in [5.41, 5.74) is 2.27. The fraction of sp³-hybridized carbons (Fsp3) is 0.160. The largest absolute Gasteiger partial charge is 0.489 e. The molecule has 0 radical (unpaired) electrons. The lowest BCUT2D eigenvalue weighted by Gasteiger charge is -2.08. The molecule has 6 nitrogen and oxygen atoms in total. The summed E-state index contributed by atoms with van der Waals surface area (Å²) in [6, 6.07) is 22.8. The Hall–Kier alpha value is -3.93. The topological polar surface area (TPSA) is 81.7 Å². The highest BCUT2D eigenvalue weighted by molar-refractivity contribution is 6.00. The van der Waals surface area contributed by atoms with Crippen LogP contribution in [-0.4, -0.2) is 24.3 Å². The number of benzene rings is 3. The van der Waals surface area contributed by atoms with Crippen molar-refractivity contribution in [1.82, 2.24) is 0 Å². The van der Waals surface area contributed by atoms with Crippen LogP contribution in [0.5, 0.6) is 5.75 Å². The zero-order valence-corrected chi connectivity index (χ0v) is 17.2. The van der Waals surface area contributed by atoms with Crippen LogP contribution >= 0.6 is 0 Å². The van der Waals surface area contributed by atoms with E-state index in [0.29, 0.717) is 29.8 Å². The first kappa shape index (κ1) is 21.8. The van der Waals surface area contributed by atoms with E-state index in [1.807, 2.05) is 30.3 Å². The predicted molar refractivity (Wildman–Crippen MR) is 117 cm³/mol. The van der Waals surface area contributed by atoms with Gasteiger partial charge in [-0.2, -0.15) is 0 Å². The van der Waals surface area contributed by atoms with Gasteiger partial charge in [0.05, 0.1) is 5.56 Å². The molecule has 0 heterocycles. The summed E-state index contributed by atoms with van der Waals surface area (Å²) in [6.07, 6.45) is 0.373. The van der Waals surface area contributed by atoms with Gasteiger partial charge in [-0.15, -0.1) is 0 Å². The van der Waals surface area contributed by atoms with E-state index < -0.39 is 5.97 Å². The molecule has 1 amide bonds. The van der Waals surface area contributed by atoms with Gasteiger partial charge in [0.2, 0.25) is 5.91 Å². The molecule has 0 spiro atoms. The maximum absolute atomic E-state index is 12.3. The van der Waals surface area contributed by atoms with E-state index in [1.165, 1.54) is 0 Å². The van der Waals surface area contributed by atoms with Crippen LogP contribution in [0.3, 0.4) is 0 Å². The standard InChI is InChI=1S/C25H23NO5/c1-2-24(28)26-21-14-12-19(13-15-21)23(27)17-31-25(29)20-10-8-18(9-11-20)16-30-22-6-4-3-5-7-22/h3-15H,2,16-17H2,1H3,(H,26,28). The molecular formula is C25H23NO5. The monoisotopic (exact) mass is 417 g/mol. The number of hydrogen-bond donors (Lipinski definition) is 1. The lowest BCUT2D eigenvalue weighted by atomic mass is 10.1. The highest BCUT2D eigenvalue weighted by atomic mass is 16.5. The van der Waals surface area contributed by atoms with Crippen LogP contribution in [0.4, 0.5) is 5.69 Å². The molecule has 0 unspecified atom stereocenters. The number of para-hydroxylation sites is 1. The third-order valence-corrected chi connectivity index (χ3v) is 4.48. The summed E-state index contributed by atoms with van der Waals surface area (Å²) in [7, 11) is 0. The van der Waals surface area contributed by atoms with Crippen LogP contribution in [0.2, 0.25) is 0 Å². The molecule has 0 aliphatic carbocycles. The number of anilines is 1. The molecule has 0 atom stereocenters. The van der Waals surface area contributed by atoms with E-state index in [9.17, 15) is 14.4 Å². The van der Waals surface area contributed by atoms with Gasteiger partial charge in [-0.25, -0.2) is 4.79 Å². The number of nitrogens with one attached hydrogen (secondary N) is 1. The minimum Gasteiger partial charge on any atom is -0.489 e. The summed E-state index contributed by atoms with van der Waals surface area (Å²) in [4.78, 5) is 35.9. The van der Waals surface area contributed by atoms with E-state index in [-0.39, 0.29) is 18.3 Å². The number of ether oxygens (including phenoxy) is 2. The highest BCUT2D eigenvalue weighted by Crippen LogP contribution is 2.14. The predicted octanol–water partition coefficient (Wildman–Crippen LogP) is 4.65. The molecule has 3 aromatic rings. The van der Waals surface area contributed by atoms with Gasteiger partial charge >= 0.3 is 5.97 Å². The van der Waals surface area contributed by atoms with Gasteiger partial charge < -0.3 is 14.8 Å². The van der Waals surface area contributed by atoms with Gasteiger partial charge in [-0.1, -0.05) is 37.3 Å². The van der Waals surface area contributed by atoms with Crippen molar-refractivity contribution in [2.24, 2.45) is 0 Å². The Balaban J connectivity index is 1.48. The minimum absolute atomic E-state index is 0.106. The van der Waals surface area contributed by atoms with Crippen molar-refractivity contribution in [3.63, 3.8) is 0 Å². The lowest BCUT2D eigenvalue weighted by Crippen LogP contribution is -2.14. The number of rotatable bonds is 9. The van der Waals surface area contributed by atoms with Crippen molar-refractivity contribution in [2.75, 3.05) is 11.9 Å². The van der Waals surface area contributed by atoms with Crippen LogP contribution in [0.15, 0.2) is 78.9 Å². The molecule has 1 N–H and O–H groups in total. The zero-order valence-electron chi connectivity index (χ0n) is 17.2. The van der Waals surface area contributed by atoms with Gasteiger partial charge in [0.1, 0.15) is 12.4 Å². The molecule has 0 aliphatic rings. The van der Waals surface area contributed by atoms with Gasteiger partial charge in [0.25, 0.3) is 0 Å². The average molecular weight is 417 g/mol. The van der Waals surface area contributed by atoms with Crippen molar-refractivity contribution in [3.05, 3.63) is 95.6 Å². The third-order valence-electron chi connectivity index (χ3n) is 4.48. The van der Waals surface area contributed by atoms with Crippen molar-refractivity contribution in [2.45, 2.75) is 20.0 Å². The Morgan fingerprint density at radius 2 is 1.45 bits per heavy atom. The summed E-state index contributed by atoms with van der Waals surface area (Å²) >= 11 is 0. The molecular weight excluding hydrogens is 394 g/mol. The number of esters is 1. The molecule has 0 saturated heterocycles. The highest BCUT2D eigenvalue weighted by Gasteiger charge is 2.12. The summed E-state index contributed by atoms with van der Waals surface area (Å²) < 4.78 is 10.8. The minimum atomic E-state index is -0.573. The molecule has 31 heavy (non-hydrogen) atoms. The van der Waals surface area contributed by atoms with Crippen LogP contribution in [0, 0.1) is 0 Å². The first-order chi connectivity index (χ1) is 15.0. The second kappa shape index (κ2) is 10.7. The first-order valence-corrected chi connectivity index (χ1v) is 9.92. The molecule has 0 aliphatic heterocycles. The van der Waals surface area contributed by atoms with E-state index in [1.54, 1.807) is 55.5 Å². The van der Waals surface area contributed by atoms with E-state index in [0.717, 1.165) is 11.3 Å². The maximum atomic E-state index is 12.3. The van der Waals surface area contributed by atoms with Gasteiger partial charge in [0.15, 0.2) is 12.4 Å². The normalized spacial score (nSPS) is 10.2. The van der Waals surface area contributed by atoms with Gasteiger partial charge in [-0.05, 0) is 54.1 Å². The van der Waals surface area contributed by atoms with Crippen molar-refractivity contribution in [1.29, 1.82) is 0 Å². The molecule has 158 valence electrons. The zero-order chi connectivity index (χ0) is 22.1. The third kappa shape index (κ3) is 6.54. The molecule has 6 heteroatoms. The fourth-order valence-electron chi connectivity index (χ4n) is 2.71. The molecule has 0 bridgehead atoms. The Labute approximate surface area is 180 Å². The molecule has 0 fully saturated rings. The number of Topliss-reactive ketones (excluding diaryl/α,β-unsaturated/α-hetero) is 1. The molecule has 3 aromatic carbocycles. The van der Waals surface area contributed by atoms with Gasteiger partial charge in [0, 0.05) is 17.7 Å². The molecule has 3 rings (SSSR count). The number of ketones is 1. The van der Waals surface area contributed by atoms with E-state index in [2.05, 4.69) is 5.32 Å². The van der Waals surface area contributed by atoms with E-state index >= 15 is 0 Å². The summed E-state index contributed by atoms with van der Waals surface area (Å²) in [5.74, 6) is -0.235. The smallest absolute Gasteiger partial charge is 0.338 e. The van der Waals surface area contributed by atoms with Crippen LogP contribution < -0.4 is 10.1 Å². The number of carbonyl (C=O) groups excluding carboxylic acids is 3. The number of hydrogen-bond acceptors (Lipinski definition) is 5. The van der Waals surface area contributed by atoms with Crippen molar-refractivity contribution >= 4 is 23.3 Å². The average Bonchev–Trinajstić information content (AvgIpc) is 2.82. The molecule has 0 saturated carbocycles. The maximum Gasteiger partial charge on any atom is 0.338 e. The molecule has 0 aromatic heterocycles. The van der Waals surface area contributed by atoms with Crippen LogP contribution in [0.25, 0.3) is 0 Å². The Morgan fingerprint density at radius 3 is 2.10 bits per heavy atom. The number of amides is 1. The summed E-state index contributed by atoms with van der Waals surface area (Å²) in [6.45, 7) is 1.78. The Morgan fingerprint density at radius 1 is 0.806 bits per heavy atom.